The van der Waals surface area contributed by atoms with Gasteiger partial charge in [-0.2, -0.15) is 4.98 Å². The molecule has 1 aromatic heterocycles. The summed E-state index contributed by atoms with van der Waals surface area (Å²) in [5.41, 5.74) is 3.07. The lowest BCUT2D eigenvalue weighted by molar-refractivity contribution is 0.464. The van der Waals surface area contributed by atoms with Gasteiger partial charge in [-0.1, -0.05) is 38.0 Å². The molecule has 0 amide bonds. The van der Waals surface area contributed by atoms with Crippen LogP contribution in [-0.2, 0) is 6.42 Å². The number of hydrogen-bond donors (Lipinski definition) is 1. The van der Waals surface area contributed by atoms with Gasteiger partial charge in [-0.25, -0.2) is 4.98 Å². The van der Waals surface area contributed by atoms with Gasteiger partial charge < -0.3 is 0 Å². The van der Waals surface area contributed by atoms with Crippen molar-refractivity contribution in [2.24, 2.45) is 0 Å². The fourth-order valence-electron chi connectivity index (χ4n) is 4.22. The van der Waals surface area contributed by atoms with Gasteiger partial charge in [0, 0.05) is 22.8 Å². The van der Waals surface area contributed by atoms with E-state index in [0.29, 0.717) is 17.4 Å². The molecule has 5 rings (SSSR count). The minimum atomic E-state index is -0.208. The van der Waals surface area contributed by atoms with Crippen LogP contribution in [0.2, 0.25) is 0 Å². The van der Waals surface area contributed by atoms with Crippen LogP contribution in [0.4, 0.5) is 0 Å². The molecule has 1 fully saturated rings. The van der Waals surface area contributed by atoms with Crippen molar-refractivity contribution in [1.29, 1.82) is 0 Å². The molecule has 0 saturated heterocycles. The Hall–Kier alpha value is -3.02. The van der Waals surface area contributed by atoms with Gasteiger partial charge in [0.1, 0.15) is 5.56 Å². The lowest BCUT2D eigenvalue weighted by Gasteiger charge is -2.14. The highest BCUT2D eigenvalue weighted by molar-refractivity contribution is 5.92. The Labute approximate surface area is 156 Å². The summed E-state index contributed by atoms with van der Waals surface area (Å²) < 4.78 is 2.11. The maximum Gasteiger partial charge on any atom is 0.284 e. The molecule has 2 aliphatic heterocycles. The number of nitrogens with zero attached hydrogens (tertiary/aromatic N) is 4. The Morgan fingerprint density at radius 2 is 1.96 bits per heavy atom. The van der Waals surface area contributed by atoms with E-state index in [2.05, 4.69) is 19.7 Å². The molecule has 0 bridgehead atoms. The van der Waals surface area contributed by atoms with Gasteiger partial charge in [-0.15, -0.1) is 0 Å². The van der Waals surface area contributed by atoms with Crippen molar-refractivity contribution >= 4 is 10.9 Å². The molecule has 1 aliphatic carbocycles. The molecule has 3 heterocycles. The average molecular weight is 359 g/mol. The molecule has 6 heteroatoms. The number of aromatic nitrogens is 5. The monoisotopic (exact) mass is 359 g/mol. The van der Waals surface area contributed by atoms with Crippen molar-refractivity contribution in [3.63, 3.8) is 0 Å². The van der Waals surface area contributed by atoms with E-state index in [1.165, 1.54) is 12.8 Å². The number of benzene rings is 1. The second-order valence-corrected chi connectivity index (χ2v) is 7.18. The topological polar surface area (TPSA) is 76.5 Å². The third kappa shape index (κ3) is 2.55. The highest BCUT2D eigenvalue weighted by Crippen LogP contribution is 2.35. The van der Waals surface area contributed by atoms with Gasteiger partial charge in [-0.3, -0.25) is 19.6 Å². The summed E-state index contributed by atoms with van der Waals surface area (Å²) in [6.07, 6.45) is 7.18. The zero-order valence-electron chi connectivity index (χ0n) is 15.3. The first-order valence-electron chi connectivity index (χ1n) is 9.61. The molecular formula is C21H21N5O. The van der Waals surface area contributed by atoms with Crippen molar-refractivity contribution in [3.8, 4) is 22.8 Å². The van der Waals surface area contributed by atoms with Crippen LogP contribution in [0.15, 0.2) is 41.3 Å². The van der Waals surface area contributed by atoms with E-state index in [4.69, 9.17) is 4.98 Å². The maximum absolute atomic E-state index is 12.9. The van der Waals surface area contributed by atoms with Crippen LogP contribution in [0.5, 0.6) is 0 Å². The van der Waals surface area contributed by atoms with Crippen LogP contribution in [-0.4, -0.2) is 24.7 Å². The Kier molecular flexibility index (Phi) is 3.77. The minimum Gasteiger partial charge on any atom is -0.300 e. The van der Waals surface area contributed by atoms with Crippen LogP contribution in [0, 0.1) is 0 Å². The maximum atomic E-state index is 12.9. The Morgan fingerprint density at radius 1 is 1.15 bits per heavy atom. The summed E-state index contributed by atoms with van der Waals surface area (Å²) in [5.74, 6) is 1.20. The quantitative estimate of drug-likeness (QED) is 0.600. The van der Waals surface area contributed by atoms with E-state index in [9.17, 15) is 4.79 Å². The number of nitrogens with one attached hydrogen (secondary N) is 1. The molecule has 0 atom stereocenters. The molecule has 0 spiro atoms. The van der Waals surface area contributed by atoms with Crippen molar-refractivity contribution in [2.75, 3.05) is 0 Å². The van der Waals surface area contributed by atoms with Crippen LogP contribution in [0.3, 0.4) is 0 Å². The number of H-pyrrole nitrogens is 1. The van der Waals surface area contributed by atoms with E-state index in [0.717, 1.165) is 47.2 Å². The standard InChI is InChI=1S/C21H21N5O/c1-2-16-18-20(26(25-16)13-7-3-4-8-13)23-19(24-21(18)27)15-11-12-22-17-10-6-5-9-14(15)17/h5-6,9-13,25H,2-4,7-8H2,1H3. The summed E-state index contributed by atoms with van der Waals surface area (Å²) in [6.45, 7) is 2.05. The number of pyridine rings is 1. The van der Waals surface area contributed by atoms with Crippen LogP contribution >= 0.6 is 0 Å². The van der Waals surface area contributed by atoms with Crippen molar-refractivity contribution in [3.05, 3.63) is 52.6 Å². The fraction of sp³-hybridized carbons (Fsp3) is 0.333. The third-order valence-corrected chi connectivity index (χ3v) is 5.58. The Bertz CT molecular complexity index is 1150. The fourth-order valence-corrected chi connectivity index (χ4v) is 4.22. The lowest BCUT2D eigenvalue weighted by atomic mass is 10.1. The first-order chi connectivity index (χ1) is 13.3. The van der Waals surface area contributed by atoms with Gasteiger partial charge >= 0.3 is 0 Å². The predicted molar refractivity (Wildman–Crippen MR) is 105 cm³/mol. The van der Waals surface area contributed by atoms with Crippen molar-refractivity contribution in [1.82, 2.24) is 24.7 Å². The van der Waals surface area contributed by atoms with Crippen molar-refractivity contribution < 1.29 is 0 Å². The van der Waals surface area contributed by atoms with Gasteiger partial charge in [0.25, 0.3) is 5.56 Å². The first kappa shape index (κ1) is 16.2. The molecule has 3 aliphatic rings. The highest BCUT2D eigenvalue weighted by atomic mass is 16.1. The lowest BCUT2D eigenvalue weighted by Crippen LogP contribution is -2.17. The Balaban J connectivity index is 1.77. The molecule has 1 N–H and O–H groups in total. The SMILES string of the molecule is CCc1[nH]n(C2CCCC2)c2nc(-c3ccnc4ccccc34)nc(=O)c1-2. The zero-order chi connectivity index (χ0) is 18.4. The average Bonchev–Trinajstić information content (AvgIpc) is 3.35. The summed E-state index contributed by atoms with van der Waals surface area (Å²) in [5, 5.41) is 4.40. The molecule has 136 valence electrons. The molecular weight excluding hydrogens is 338 g/mol. The molecule has 1 aromatic carbocycles. The number of fused-ring (bicyclic) bond motifs is 2. The molecule has 0 unspecified atom stereocenters. The number of aromatic amines is 1. The first-order valence-corrected chi connectivity index (χ1v) is 9.61. The van der Waals surface area contributed by atoms with Gasteiger partial charge in [0.2, 0.25) is 0 Å². The number of aryl methyl sites for hydroxylation is 1. The Morgan fingerprint density at radius 3 is 2.78 bits per heavy atom. The normalized spacial score (nSPS) is 15.1. The van der Waals surface area contributed by atoms with Crippen LogP contribution in [0.1, 0.15) is 44.3 Å². The summed E-state index contributed by atoms with van der Waals surface area (Å²) in [7, 11) is 0. The van der Waals surface area contributed by atoms with Crippen LogP contribution < -0.4 is 5.56 Å². The van der Waals surface area contributed by atoms with Crippen LogP contribution in [0.25, 0.3) is 33.7 Å². The zero-order valence-corrected chi connectivity index (χ0v) is 15.3. The van der Waals surface area contributed by atoms with Gasteiger partial charge in [0.15, 0.2) is 11.6 Å². The summed E-state index contributed by atoms with van der Waals surface area (Å²) >= 11 is 0. The second kappa shape index (κ2) is 6.30. The van der Waals surface area contributed by atoms with E-state index < -0.39 is 0 Å². The predicted octanol–water partition coefficient (Wildman–Crippen LogP) is 3.96. The van der Waals surface area contributed by atoms with E-state index >= 15 is 0 Å². The van der Waals surface area contributed by atoms with Gasteiger partial charge in [0.05, 0.1) is 11.6 Å². The smallest absolute Gasteiger partial charge is 0.284 e. The van der Waals surface area contributed by atoms with Gasteiger partial charge in [-0.05, 0) is 31.4 Å². The highest BCUT2D eigenvalue weighted by Gasteiger charge is 2.28. The van der Waals surface area contributed by atoms with E-state index in [-0.39, 0.29) is 5.56 Å². The largest absolute Gasteiger partial charge is 0.300 e. The van der Waals surface area contributed by atoms with Crippen molar-refractivity contribution in [2.45, 2.75) is 45.1 Å². The van der Waals surface area contributed by atoms with E-state index in [1.54, 1.807) is 6.20 Å². The number of hydrogen-bond acceptors (Lipinski definition) is 4. The molecule has 2 aromatic rings. The third-order valence-electron chi connectivity index (χ3n) is 5.58. The molecule has 1 saturated carbocycles. The molecule has 6 nitrogen and oxygen atoms in total. The number of para-hydroxylation sites is 1. The summed E-state index contributed by atoms with van der Waals surface area (Å²) in [4.78, 5) is 26.5. The minimum absolute atomic E-state index is 0.208. The molecule has 0 radical (unpaired) electrons. The summed E-state index contributed by atoms with van der Waals surface area (Å²) in [6, 6.07) is 10.1. The molecule has 27 heavy (non-hydrogen) atoms. The second-order valence-electron chi connectivity index (χ2n) is 7.18. The van der Waals surface area contributed by atoms with E-state index in [1.807, 2.05) is 37.3 Å². The number of rotatable bonds is 3.